The molecule has 0 fully saturated rings. The van der Waals surface area contributed by atoms with Gasteiger partial charge in [-0.2, -0.15) is 4.98 Å². The molecule has 1 aromatic heterocycles. The number of hydrogen-bond acceptors (Lipinski definition) is 7. The number of aromatic nitrogens is 2. The number of benzene rings is 1. The topological polar surface area (TPSA) is 103 Å². The first kappa shape index (κ1) is 13.9. The third-order valence-electron chi connectivity index (χ3n) is 2.64. The Morgan fingerprint density at radius 3 is 2.85 bits per heavy atom. The summed E-state index contributed by atoms with van der Waals surface area (Å²) in [5.74, 6) is 1.62. The maximum absolute atomic E-state index is 10.8. The molecule has 0 spiro atoms. The molecule has 1 aromatic carbocycles. The van der Waals surface area contributed by atoms with E-state index in [1.54, 1.807) is 13.0 Å². The summed E-state index contributed by atoms with van der Waals surface area (Å²) in [6.07, 6.45) is 0. The molecule has 0 aliphatic heterocycles. The molecule has 0 aliphatic rings. The summed E-state index contributed by atoms with van der Waals surface area (Å²) < 4.78 is 10.0. The summed E-state index contributed by atoms with van der Waals surface area (Å²) >= 11 is 0. The lowest BCUT2D eigenvalue weighted by molar-refractivity contribution is -0.384. The van der Waals surface area contributed by atoms with E-state index in [-0.39, 0.29) is 5.69 Å². The minimum Gasteiger partial charge on any atom is -0.496 e. The fourth-order valence-corrected chi connectivity index (χ4v) is 1.74. The number of methoxy groups -OCH3 is 1. The summed E-state index contributed by atoms with van der Waals surface area (Å²) in [5.41, 5.74) is 0.722. The Morgan fingerprint density at radius 2 is 2.25 bits per heavy atom. The van der Waals surface area contributed by atoms with Crippen LogP contribution in [0.3, 0.4) is 0 Å². The van der Waals surface area contributed by atoms with Crippen molar-refractivity contribution in [3.63, 3.8) is 0 Å². The van der Waals surface area contributed by atoms with Gasteiger partial charge >= 0.3 is 0 Å². The third-order valence-corrected chi connectivity index (χ3v) is 2.64. The largest absolute Gasteiger partial charge is 0.496 e. The van der Waals surface area contributed by atoms with Gasteiger partial charge in [0.1, 0.15) is 5.75 Å². The van der Waals surface area contributed by atoms with Crippen molar-refractivity contribution in [3.8, 4) is 5.75 Å². The molecule has 0 radical (unpaired) electrons. The van der Waals surface area contributed by atoms with Gasteiger partial charge in [-0.05, 0) is 6.07 Å². The standard InChI is InChI=1S/C12H14N4O4/c1-8-14-12(15-20-8)7-13-6-9-5-10(16(17)18)3-4-11(9)19-2/h3-5,13H,6-7H2,1-2H3. The second-order valence-corrected chi connectivity index (χ2v) is 4.09. The number of non-ortho nitro benzene ring substituents is 1. The lowest BCUT2D eigenvalue weighted by Crippen LogP contribution is -2.14. The Bertz CT molecular complexity index is 611. The molecule has 0 bridgehead atoms. The number of nitro groups is 1. The quantitative estimate of drug-likeness (QED) is 0.632. The first-order valence-corrected chi connectivity index (χ1v) is 5.91. The van der Waals surface area contributed by atoms with E-state index in [2.05, 4.69) is 15.5 Å². The first-order valence-electron chi connectivity index (χ1n) is 5.91. The Labute approximate surface area is 114 Å². The number of hydrogen-bond donors (Lipinski definition) is 1. The Balaban J connectivity index is 2.03. The molecule has 0 aliphatic carbocycles. The van der Waals surface area contributed by atoms with Gasteiger partial charge in [0.15, 0.2) is 5.82 Å². The molecular formula is C12H14N4O4. The van der Waals surface area contributed by atoms with Crippen molar-refractivity contribution < 1.29 is 14.2 Å². The molecule has 0 saturated carbocycles. The van der Waals surface area contributed by atoms with Crippen LogP contribution in [0, 0.1) is 17.0 Å². The predicted octanol–water partition coefficient (Wildman–Crippen LogP) is 1.58. The second kappa shape index (κ2) is 6.11. The number of nitro benzene ring substituents is 1. The summed E-state index contributed by atoms with van der Waals surface area (Å²) in [6.45, 7) is 2.52. The zero-order valence-corrected chi connectivity index (χ0v) is 11.1. The molecule has 0 unspecified atom stereocenters. The fourth-order valence-electron chi connectivity index (χ4n) is 1.74. The number of rotatable bonds is 6. The van der Waals surface area contributed by atoms with Crippen LogP contribution in [0.4, 0.5) is 5.69 Å². The predicted molar refractivity (Wildman–Crippen MR) is 69.2 cm³/mol. The second-order valence-electron chi connectivity index (χ2n) is 4.09. The van der Waals surface area contributed by atoms with Crippen molar-refractivity contribution in [1.82, 2.24) is 15.5 Å². The molecule has 1 heterocycles. The van der Waals surface area contributed by atoms with Crippen LogP contribution in [0.5, 0.6) is 5.75 Å². The van der Waals surface area contributed by atoms with Gasteiger partial charge < -0.3 is 14.6 Å². The van der Waals surface area contributed by atoms with Crippen LogP contribution in [-0.4, -0.2) is 22.2 Å². The summed E-state index contributed by atoms with van der Waals surface area (Å²) in [7, 11) is 1.52. The van der Waals surface area contributed by atoms with E-state index in [0.717, 1.165) is 0 Å². The van der Waals surface area contributed by atoms with E-state index < -0.39 is 4.92 Å². The fraction of sp³-hybridized carbons (Fsp3) is 0.333. The van der Waals surface area contributed by atoms with Gasteiger partial charge in [0, 0.05) is 31.2 Å². The van der Waals surface area contributed by atoms with Crippen LogP contribution in [0.1, 0.15) is 17.3 Å². The average Bonchev–Trinajstić information content (AvgIpc) is 2.84. The molecule has 0 atom stereocenters. The molecule has 0 saturated heterocycles. The van der Waals surface area contributed by atoms with Crippen LogP contribution in [0.15, 0.2) is 22.7 Å². The SMILES string of the molecule is COc1ccc([N+](=O)[O-])cc1CNCc1noc(C)n1. The molecule has 0 amide bonds. The first-order chi connectivity index (χ1) is 9.60. The normalized spacial score (nSPS) is 10.5. The molecule has 2 aromatic rings. The van der Waals surface area contributed by atoms with Crippen molar-refractivity contribution in [1.29, 1.82) is 0 Å². The minimum absolute atomic E-state index is 0.0259. The van der Waals surface area contributed by atoms with Gasteiger partial charge in [-0.25, -0.2) is 0 Å². The van der Waals surface area contributed by atoms with E-state index in [0.29, 0.717) is 36.1 Å². The monoisotopic (exact) mass is 278 g/mol. The molecule has 106 valence electrons. The summed E-state index contributed by atoms with van der Waals surface area (Å²) in [5, 5.41) is 17.6. The number of ether oxygens (including phenoxy) is 1. The van der Waals surface area contributed by atoms with Crippen molar-refractivity contribution in [2.24, 2.45) is 0 Å². The van der Waals surface area contributed by atoms with Crippen LogP contribution < -0.4 is 10.1 Å². The van der Waals surface area contributed by atoms with Crippen molar-refractivity contribution in [2.75, 3.05) is 7.11 Å². The van der Waals surface area contributed by atoms with E-state index >= 15 is 0 Å². The molecular weight excluding hydrogens is 264 g/mol. The van der Waals surface area contributed by atoms with Crippen molar-refractivity contribution >= 4 is 5.69 Å². The van der Waals surface area contributed by atoms with Gasteiger partial charge in [-0.15, -0.1) is 0 Å². The Morgan fingerprint density at radius 1 is 1.45 bits per heavy atom. The van der Waals surface area contributed by atoms with Crippen LogP contribution in [0.2, 0.25) is 0 Å². The van der Waals surface area contributed by atoms with Gasteiger partial charge in [-0.1, -0.05) is 5.16 Å². The molecule has 8 nitrogen and oxygen atoms in total. The number of nitrogens with one attached hydrogen (secondary N) is 1. The third kappa shape index (κ3) is 3.29. The zero-order chi connectivity index (χ0) is 14.5. The average molecular weight is 278 g/mol. The van der Waals surface area contributed by atoms with E-state index in [1.807, 2.05) is 0 Å². The van der Waals surface area contributed by atoms with E-state index in [4.69, 9.17) is 9.26 Å². The van der Waals surface area contributed by atoms with Gasteiger partial charge in [0.25, 0.3) is 5.69 Å². The highest BCUT2D eigenvalue weighted by atomic mass is 16.6. The maximum atomic E-state index is 10.8. The van der Waals surface area contributed by atoms with Crippen LogP contribution >= 0.6 is 0 Å². The van der Waals surface area contributed by atoms with E-state index in [9.17, 15) is 10.1 Å². The van der Waals surface area contributed by atoms with Gasteiger partial charge in [-0.3, -0.25) is 10.1 Å². The van der Waals surface area contributed by atoms with Gasteiger partial charge in [0.2, 0.25) is 5.89 Å². The highest BCUT2D eigenvalue weighted by molar-refractivity contribution is 5.43. The zero-order valence-electron chi connectivity index (χ0n) is 11.1. The molecule has 8 heteroatoms. The molecule has 2 rings (SSSR count). The maximum Gasteiger partial charge on any atom is 0.270 e. The van der Waals surface area contributed by atoms with E-state index in [1.165, 1.54) is 19.2 Å². The minimum atomic E-state index is -0.439. The highest BCUT2D eigenvalue weighted by Crippen LogP contribution is 2.23. The Kier molecular flexibility index (Phi) is 4.26. The highest BCUT2D eigenvalue weighted by Gasteiger charge is 2.11. The number of aryl methyl sites for hydroxylation is 1. The van der Waals surface area contributed by atoms with Gasteiger partial charge in [0.05, 0.1) is 18.6 Å². The number of nitrogens with zero attached hydrogens (tertiary/aromatic N) is 3. The van der Waals surface area contributed by atoms with Crippen molar-refractivity contribution in [3.05, 3.63) is 45.6 Å². The Hall–Kier alpha value is -2.48. The molecule has 1 N–H and O–H groups in total. The van der Waals surface area contributed by atoms with Crippen molar-refractivity contribution in [2.45, 2.75) is 20.0 Å². The molecule has 20 heavy (non-hydrogen) atoms. The summed E-state index contributed by atoms with van der Waals surface area (Å²) in [6, 6.07) is 4.46. The van der Waals surface area contributed by atoms with Crippen LogP contribution in [0.25, 0.3) is 0 Å². The lowest BCUT2D eigenvalue weighted by atomic mass is 10.1. The smallest absolute Gasteiger partial charge is 0.270 e. The summed E-state index contributed by atoms with van der Waals surface area (Å²) in [4.78, 5) is 14.4. The lowest BCUT2D eigenvalue weighted by Gasteiger charge is -2.08. The van der Waals surface area contributed by atoms with Crippen LogP contribution in [-0.2, 0) is 13.1 Å².